The number of amides is 1. The van der Waals surface area contributed by atoms with Gasteiger partial charge in [-0.15, -0.1) is 0 Å². The minimum atomic E-state index is -0.858. The number of hydrogen-bond acceptors (Lipinski definition) is 4. The van der Waals surface area contributed by atoms with E-state index in [1.54, 1.807) is 0 Å². The molecule has 1 aromatic heterocycles. The molecule has 39 heavy (non-hydrogen) atoms. The first-order chi connectivity index (χ1) is 18.9. The number of aryl methyl sites for hydroxylation is 2. The second kappa shape index (κ2) is 12.0. The highest BCUT2D eigenvalue weighted by Gasteiger charge is 2.47. The molecule has 1 amide bonds. The van der Waals surface area contributed by atoms with Gasteiger partial charge in [-0.3, -0.25) is 4.98 Å². The fourth-order valence-corrected chi connectivity index (χ4v) is 5.38. The molecule has 0 aliphatic heterocycles. The molecule has 2 aliphatic carbocycles. The number of hydrogen-bond donors (Lipinski definition) is 1. The third-order valence-electron chi connectivity index (χ3n) is 7.80. The highest BCUT2D eigenvalue weighted by molar-refractivity contribution is 6.31. The third kappa shape index (κ3) is 6.56. The van der Waals surface area contributed by atoms with Crippen molar-refractivity contribution in [3.05, 3.63) is 82.1 Å². The van der Waals surface area contributed by atoms with Gasteiger partial charge in [0.15, 0.2) is 0 Å². The second-order valence-electron chi connectivity index (χ2n) is 10.7. The molecule has 7 heteroatoms. The summed E-state index contributed by atoms with van der Waals surface area (Å²) in [5, 5.41) is 9.90. The fourth-order valence-electron chi connectivity index (χ4n) is 5.14. The van der Waals surface area contributed by atoms with E-state index < -0.39 is 6.09 Å². The van der Waals surface area contributed by atoms with Gasteiger partial charge in [-0.2, -0.15) is 0 Å². The lowest BCUT2D eigenvalue weighted by Gasteiger charge is -2.22. The first-order valence-corrected chi connectivity index (χ1v) is 14.4. The average Bonchev–Trinajstić information content (AvgIpc) is 3.87. The van der Waals surface area contributed by atoms with Gasteiger partial charge in [0.05, 0.1) is 18.3 Å². The van der Waals surface area contributed by atoms with Gasteiger partial charge in [-0.25, -0.2) is 4.79 Å². The molecule has 2 saturated carbocycles. The van der Waals surface area contributed by atoms with Crippen molar-refractivity contribution in [1.29, 1.82) is 0 Å². The number of ether oxygens (including phenoxy) is 2. The zero-order chi connectivity index (χ0) is 27.4. The summed E-state index contributed by atoms with van der Waals surface area (Å²) in [5.41, 5.74) is 6.29. The Bertz CT molecular complexity index is 1320. The van der Waals surface area contributed by atoms with Crippen LogP contribution in [0.2, 0.25) is 5.02 Å². The fraction of sp³-hybridized carbons (Fsp3) is 0.438. The summed E-state index contributed by atoms with van der Waals surface area (Å²) in [6, 6.07) is 14.5. The summed E-state index contributed by atoms with van der Waals surface area (Å²) in [5.74, 6) is 0.919. The van der Waals surface area contributed by atoms with Crippen LogP contribution in [-0.2, 0) is 23.4 Å². The molecule has 0 bridgehead atoms. The van der Waals surface area contributed by atoms with Crippen molar-refractivity contribution >= 4 is 17.7 Å². The zero-order valence-electron chi connectivity index (χ0n) is 22.8. The van der Waals surface area contributed by atoms with Gasteiger partial charge in [0.25, 0.3) is 0 Å². The lowest BCUT2D eigenvalue weighted by Crippen LogP contribution is -2.30. The van der Waals surface area contributed by atoms with Crippen molar-refractivity contribution in [2.45, 2.75) is 77.1 Å². The summed E-state index contributed by atoms with van der Waals surface area (Å²) in [6.45, 7) is 5.46. The quantitative estimate of drug-likeness (QED) is 0.221. The van der Waals surface area contributed by atoms with Crippen LogP contribution in [0.3, 0.4) is 0 Å². The zero-order valence-corrected chi connectivity index (χ0v) is 23.5. The normalized spacial score (nSPS) is 15.7. The van der Waals surface area contributed by atoms with Crippen LogP contribution in [0.15, 0.2) is 54.9 Å². The summed E-state index contributed by atoms with van der Waals surface area (Å²) < 4.78 is 12.8. The molecular formula is C32H37ClN2O4. The van der Waals surface area contributed by atoms with Gasteiger partial charge in [0, 0.05) is 41.6 Å². The van der Waals surface area contributed by atoms with E-state index in [0.717, 1.165) is 72.9 Å². The van der Waals surface area contributed by atoms with E-state index in [2.05, 4.69) is 36.2 Å². The lowest BCUT2D eigenvalue weighted by atomic mass is 9.96. The van der Waals surface area contributed by atoms with Crippen LogP contribution in [0.1, 0.15) is 67.7 Å². The minimum absolute atomic E-state index is 0.326. The molecule has 206 valence electrons. The molecule has 0 unspecified atom stereocenters. The highest BCUT2D eigenvalue weighted by atomic mass is 35.5. The molecule has 1 N–H and O–H groups in total. The number of halogens is 1. The van der Waals surface area contributed by atoms with Gasteiger partial charge >= 0.3 is 6.09 Å². The van der Waals surface area contributed by atoms with E-state index in [4.69, 9.17) is 21.1 Å². The summed E-state index contributed by atoms with van der Waals surface area (Å²) in [4.78, 5) is 17.1. The minimum Gasteiger partial charge on any atom is -0.490 e. The second-order valence-corrected chi connectivity index (χ2v) is 11.1. The summed E-state index contributed by atoms with van der Waals surface area (Å²) >= 11 is 6.73. The molecule has 2 aliphatic rings. The van der Waals surface area contributed by atoms with E-state index in [-0.39, 0.29) is 5.60 Å². The molecular weight excluding hydrogens is 512 g/mol. The maximum atomic E-state index is 11.2. The number of para-hydroxylation sites is 1. The topological polar surface area (TPSA) is 71.9 Å². The third-order valence-corrected chi connectivity index (χ3v) is 8.15. The van der Waals surface area contributed by atoms with E-state index in [0.29, 0.717) is 30.8 Å². The number of aromatic nitrogens is 1. The summed E-state index contributed by atoms with van der Waals surface area (Å²) in [7, 11) is 0. The number of carbonyl (C=O) groups is 1. The lowest BCUT2D eigenvalue weighted by molar-refractivity contribution is 0.0173. The van der Waals surface area contributed by atoms with Crippen LogP contribution in [0.5, 0.6) is 5.75 Å². The van der Waals surface area contributed by atoms with Crippen LogP contribution in [0, 0.1) is 6.92 Å². The van der Waals surface area contributed by atoms with E-state index >= 15 is 0 Å². The van der Waals surface area contributed by atoms with Crippen molar-refractivity contribution in [1.82, 2.24) is 9.88 Å². The van der Waals surface area contributed by atoms with Crippen LogP contribution in [0.25, 0.3) is 11.1 Å². The van der Waals surface area contributed by atoms with E-state index in [9.17, 15) is 9.90 Å². The molecule has 1 heterocycles. The van der Waals surface area contributed by atoms with Crippen LogP contribution in [-0.4, -0.2) is 40.3 Å². The van der Waals surface area contributed by atoms with Gasteiger partial charge in [-0.1, -0.05) is 35.9 Å². The van der Waals surface area contributed by atoms with Gasteiger partial charge in [-0.05, 0) is 99.2 Å². The Hall–Kier alpha value is -3.09. The van der Waals surface area contributed by atoms with E-state index in [1.165, 1.54) is 16.0 Å². The first kappa shape index (κ1) is 27.5. The van der Waals surface area contributed by atoms with Crippen molar-refractivity contribution in [3.8, 4) is 16.9 Å². The molecule has 2 fully saturated rings. The molecule has 0 saturated heterocycles. The Morgan fingerprint density at radius 1 is 1.13 bits per heavy atom. The predicted octanol–water partition coefficient (Wildman–Crippen LogP) is 7.78. The molecule has 5 rings (SSSR count). The molecule has 2 aromatic carbocycles. The summed E-state index contributed by atoms with van der Waals surface area (Å²) in [6.07, 6.45) is 9.97. The molecule has 0 atom stereocenters. The smallest absolute Gasteiger partial charge is 0.407 e. The molecule has 3 aromatic rings. The van der Waals surface area contributed by atoms with Crippen molar-refractivity contribution < 1.29 is 19.4 Å². The Kier molecular flexibility index (Phi) is 8.43. The van der Waals surface area contributed by atoms with Gasteiger partial charge < -0.3 is 19.5 Å². The monoisotopic (exact) mass is 548 g/mol. The molecule has 0 spiro atoms. The Labute approximate surface area is 235 Å². The van der Waals surface area contributed by atoms with Crippen molar-refractivity contribution in [3.63, 3.8) is 0 Å². The molecule has 0 radical (unpaired) electrons. The number of rotatable bonds is 13. The number of nitrogens with zero attached hydrogens (tertiary/aromatic N) is 2. The molecule has 6 nitrogen and oxygen atoms in total. The van der Waals surface area contributed by atoms with Crippen LogP contribution in [0.4, 0.5) is 4.79 Å². The predicted molar refractivity (Wildman–Crippen MR) is 153 cm³/mol. The number of pyridine rings is 1. The van der Waals surface area contributed by atoms with Gasteiger partial charge in [0.2, 0.25) is 0 Å². The highest BCUT2D eigenvalue weighted by Crippen LogP contribution is 2.53. The standard InChI is InChI=1S/C32H37ClN2O4/c1-3-35(31(36)37)17-7-6-8-23-19-29(33)24(18-22(23)2)21-38-32(14-15-32)28-20-34-16-13-26(28)27-9-4-5-10-30(27)39-25-11-12-25/h4-5,9-10,13,16,18-20,25H,3,6-8,11-12,14-15,17,21H2,1-2H3,(H,36,37). The number of benzene rings is 2. The number of carboxylic acid groups (broad SMARTS) is 1. The van der Waals surface area contributed by atoms with Crippen LogP contribution >= 0.6 is 11.6 Å². The first-order valence-electron chi connectivity index (χ1n) is 14.0. The Morgan fingerprint density at radius 3 is 2.64 bits per heavy atom. The Balaban J connectivity index is 1.26. The average molecular weight is 549 g/mol. The van der Waals surface area contributed by atoms with Gasteiger partial charge in [0.1, 0.15) is 5.75 Å². The SMILES string of the molecule is CCN(CCCCc1cc(Cl)c(COC2(c3cnccc3-c3ccccc3OC3CC3)CC2)cc1C)C(=O)O. The maximum Gasteiger partial charge on any atom is 0.407 e. The maximum absolute atomic E-state index is 11.2. The Morgan fingerprint density at radius 2 is 1.92 bits per heavy atom. The van der Waals surface area contributed by atoms with Crippen molar-refractivity contribution in [2.75, 3.05) is 13.1 Å². The van der Waals surface area contributed by atoms with Crippen molar-refractivity contribution in [2.24, 2.45) is 0 Å². The largest absolute Gasteiger partial charge is 0.490 e. The van der Waals surface area contributed by atoms with E-state index in [1.807, 2.05) is 37.5 Å². The van der Waals surface area contributed by atoms with Crippen LogP contribution < -0.4 is 4.74 Å². The number of unbranched alkanes of at least 4 members (excludes halogenated alkanes) is 1.